The molecule has 2 unspecified atom stereocenters. The molecule has 1 aromatic heterocycles. The van der Waals surface area contributed by atoms with Crippen LogP contribution in [0.5, 0.6) is 0 Å². The molecule has 0 saturated heterocycles. The zero-order valence-corrected chi connectivity index (χ0v) is 11.7. The molecule has 2 atom stereocenters. The number of benzene rings is 1. The van der Waals surface area contributed by atoms with Gasteiger partial charge >= 0.3 is 0 Å². The van der Waals surface area contributed by atoms with Gasteiger partial charge < -0.3 is 5.32 Å². The first-order valence-electron chi connectivity index (χ1n) is 6.16. The summed E-state index contributed by atoms with van der Waals surface area (Å²) >= 11 is 1.59. The average Bonchev–Trinajstić information content (AvgIpc) is 2.89. The summed E-state index contributed by atoms with van der Waals surface area (Å²) in [5.74, 6) is -0.805. The van der Waals surface area contributed by atoms with Gasteiger partial charge in [0.25, 0.3) is 0 Å². The Labute approximate surface area is 115 Å². The minimum atomic E-state index is -0.512. The molecule has 0 fully saturated rings. The highest BCUT2D eigenvalue weighted by Crippen LogP contribution is 2.22. The van der Waals surface area contributed by atoms with Crippen molar-refractivity contribution in [2.45, 2.75) is 25.8 Å². The molecule has 0 saturated carbocycles. The number of hydrogen-bond acceptors (Lipinski definition) is 3. The molecule has 0 amide bonds. The molecule has 1 aromatic carbocycles. The van der Waals surface area contributed by atoms with E-state index in [1.54, 1.807) is 24.5 Å². The zero-order valence-electron chi connectivity index (χ0n) is 10.9. The molecular formula is C14H16F2N2S. The highest BCUT2D eigenvalue weighted by Gasteiger charge is 2.17. The molecule has 2 nitrogen and oxygen atoms in total. The van der Waals surface area contributed by atoms with Crippen LogP contribution in [0.3, 0.4) is 0 Å². The quantitative estimate of drug-likeness (QED) is 0.900. The standard InChI is InChI=1S/C14H16F2N2S/c1-9(14-17-6-7-19-14)8-18-10(2)13-11(15)4-3-5-12(13)16/h3-7,9-10,18H,8H2,1-2H3. The highest BCUT2D eigenvalue weighted by molar-refractivity contribution is 7.09. The van der Waals surface area contributed by atoms with Crippen molar-refractivity contribution < 1.29 is 8.78 Å². The Balaban J connectivity index is 2.00. The lowest BCUT2D eigenvalue weighted by Crippen LogP contribution is -2.25. The van der Waals surface area contributed by atoms with Gasteiger partial charge in [-0.1, -0.05) is 13.0 Å². The predicted octanol–water partition coefficient (Wildman–Crippen LogP) is 3.88. The minimum absolute atomic E-state index is 0.0915. The molecule has 0 spiro atoms. The average molecular weight is 282 g/mol. The van der Waals surface area contributed by atoms with E-state index in [2.05, 4.69) is 10.3 Å². The van der Waals surface area contributed by atoms with Crippen molar-refractivity contribution in [3.05, 3.63) is 52.0 Å². The lowest BCUT2D eigenvalue weighted by Gasteiger charge is -2.18. The molecule has 2 rings (SSSR count). The van der Waals surface area contributed by atoms with E-state index in [1.165, 1.54) is 18.2 Å². The topological polar surface area (TPSA) is 24.9 Å². The number of thiazole rings is 1. The molecule has 1 N–H and O–H groups in total. The molecule has 0 aliphatic carbocycles. The van der Waals surface area contributed by atoms with E-state index < -0.39 is 11.6 Å². The van der Waals surface area contributed by atoms with E-state index in [4.69, 9.17) is 0 Å². The van der Waals surface area contributed by atoms with Gasteiger partial charge in [-0.3, -0.25) is 0 Å². The maximum absolute atomic E-state index is 13.6. The first-order valence-corrected chi connectivity index (χ1v) is 7.04. The van der Waals surface area contributed by atoms with Crippen LogP contribution in [-0.4, -0.2) is 11.5 Å². The fourth-order valence-electron chi connectivity index (χ4n) is 1.95. The van der Waals surface area contributed by atoms with Gasteiger partial charge in [-0.05, 0) is 19.1 Å². The van der Waals surface area contributed by atoms with Gasteiger partial charge in [-0.15, -0.1) is 11.3 Å². The van der Waals surface area contributed by atoms with Crippen LogP contribution in [-0.2, 0) is 0 Å². The van der Waals surface area contributed by atoms with Gasteiger partial charge in [0.15, 0.2) is 0 Å². The van der Waals surface area contributed by atoms with E-state index in [0.717, 1.165) is 5.01 Å². The second-order valence-corrected chi connectivity index (χ2v) is 5.46. The Hall–Kier alpha value is -1.33. The smallest absolute Gasteiger partial charge is 0.130 e. The van der Waals surface area contributed by atoms with Gasteiger partial charge in [0.1, 0.15) is 11.6 Å². The highest BCUT2D eigenvalue weighted by atomic mass is 32.1. The number of aromatic nitrogens is 1. The maximum atomic E-state index is 13.6. The molecule has 0 bridgehead atoms. The third-order valence-corrected chi connectivity index (χ3v) is 4.04. The van der Waals surface area contributed by atoms with Crippen molar-refractivity contribution in [1.82, 2.24) is 10.3 Å². The third-order valence-electron chi connectivity index (χ3n) is 3.04. The summed E-state index contributed by atoms with van der Waals surface area (Å²) in [6.45, 7) is 4.43. The van der Waals surface area contributed by atoms with Gasteiger partial charge in [0.05, 0.1) is 5.01 Å². The lowest BCUT2D eigenvalue weighted by atomic mass is 10.1. The molecule has 102 valence electrons. The van der Waals surface area contributed by atoms with Gasteiger partial charge in [-0.2, -0.15) is 0 Å². The number of nitrogens with one attached hydrogen (secondary N) is 1. The van der Waals surface area contributed by atoms with Crippen molar-refractivity contribution in [1.29, 1.82) is 0 Å². The molecule has 19 heavy (non-hydrogen) atoms. The molecule has 0 aliphatic heterocycles. The van der Waals surface area contributed by atoms with Crippen LogP contribution in [0.15, 0.2) is 29.8 Å². The molecule has 0 aliphatic rings. The van der Waals surface area contributed by atoms with Gasteiger partial charge in [0, 0.05) is 35.6 Å². The molecular weight excluding hydrogens is 266 g/mol. The van der Waals surface area contributed by atoms with Crippen LogP contribution in [0.2, 0.25) is 0 Å². The first kappa shape index (κ1) is 14.1. The maximum Gasteiger partial charge on any atom is 0.130 e. The number of rotatable bonds is 5. The lowest BCUT2D eigenvalue weighted by molar-refractivity contribution is 0.476. The molecule has 2 aromatic rings. The Bertz CT molecular complexity index is 508. The molecule has 0 radical (unpaired) electrons. The number of halogens is 2. The van der Waals surface area contributed by atoms with E-state index in [0.29, 0.717) is 6.54 Å². The summed E-state index contributed by atoms with van der Waals surface area (Å²) in [5.41, 5.74) is 0.0915. The van der Waals surface area contributed by atoms with E-state index in [9.17, 15) is 8.78 Å². The predicted molar refractivity (Wildman–Crippen MR) is 73.3 cm³/mol. The van der Waals surface area contributed by atoms with Crippen LogP contribution in [0.4, 0.5) is 8.78 Å². The summed E-state index contributed by atoms with van der Waals surface area (Å²) in [5, 5.41) is 6.10. The zero-order chi connectivity index (χ0) is 13.8. The molecule has 1 heterocycles. The van der Waals surface area contributed by atoms with Crippen LogP contribution >= 0.6 is 11.3 Å². The second kappa shape index (κ2) is 6.21. The molecule has 5 heteroatoms. The summed E-state index contributed by atoms with van der Waals surface area (Å²) in [4.78, 5) is 4.23. The fraction of sp³-hybridized carbons (Fsp3) is 0.357. The normalized spacial score (nSPS) is 14.3. The van der Waals surface area contributed by atoms with Gasteiger partial charge in [0.2, 0.25) is 0 Å². The van der Waals surface area contributed by atoms with E-state index in [-0.39, 0.29) is 17.5 Å². The van der Waals surface area contributed by atoms with Crippen LogP contribution in [0, 0.1) is 11.6 Å². The van der Waals surface area contributed by atoms with Crippen molar-refractivity contribution in [2.24, 2.45) is 0 Å². The Morgan fingerprint density at radius 1 is 1.26 bits per heavy atom. The summed E-state index contributed by atoms with van der Waals surface area (Å²) in [7, 11) is 0. The Morgan fingerprint density at radius 2 is 1.95 bits per heavy atom. The Kier molecular flexibility index (Phi) is 4.61. The largest absolute Gasteiger partial charge is 0.309 e. The van der Waals surface area contributed by atoms with Crippen molar-refractivity contribution in [3.8, 4) is 0 Å². The SMILES string of the molecule is CC(CNC(C)c1c(F)cccc1F)c1nccs1. The van der Waals surface area contributed by atoms with Crippen molar-refractivity contribution in [3.63, 3.8) is 0 Å². The van der Waals surface area contributed by atoms with Crippen molar-refractivity contribution >= 4 is 11.3 Å². The van der Waals surface area contributed by atoms with Gasteiger partial charge in [-0.25, -0.2) is 13.8 Å². The van der Waals surface area contributed by atoms with Crippen LogP contribution < -0.4 is 5.32 Å². The van der Waals surface area contributed by atoms with E-state index in [1.807, 2.05) is 12.3 Å². The second-order valence-electron chi connectivity index (χ2n) is 4.54. The minimum Gasteiger partial charge on any atom is -0.309 e. The third kappa shape index (κ3) is 3.36. The number of hydrogen-bond donors (Lipinski definition) is 1. The summed E-state index contributed by atoms with van der Waals surface area (Å²) < 4.78 is 27.2. The monoisotopic (exact) mass is 282 g/mol. The first-order chi connectivity index (χ1) is 9.09. The van der Waals surface area contributed by atoms with Crippen LogP contribution in [0.25, 0.3) is 0 Å². The van der Waals surface area contributed by atoms with E-state index >= 15 is 0 Å². The summed E-state index contributed by atoms with van der Waals surface area (Å²) in [6.07, 6.45) is 1.76. The van der Waals surface area contributed by atoms with Crippen LogP contribution in [0.1, 0.15) is 36.4 Å². The summed E-state index contributed by atoms with van der Waals surface area (Å²) in [6, 6.07) is 3.56. The van der Waals surface area contributed by atoms with Crippen molar-refractivity contribution in [2.75, 3.05) is 6.54 Å². The number of nitrogens with zero attached hydrogens (tertiary/aromatic N) is 1. The fourth-order valence-corrected chi connectivity index (χ4v) is 2.64. The Morgan fingerprint density at radius 3 is 2.53 bits per heavy atom.